The van der Waals surface area contributed by atoms with Crippen molar-refractivity contribution in [3.63, 3.8) is 0 Å². The predicted octanol–water partition coefficient (Wildman–Crippen LogP) is 10.8. The molecule has 218 valence electrons. The minimum absolute atomic E-state index is 0.661. The van der Waals surface area contributed by atoms with Crippen LogP contribution in [0.5, 0.6) is 0 Å². The first-order valence-electron chi connectivity index (χ1n) is 15.9. The molecule has 4 nitrogen and oxygen atoms in total. The van der Waals surface area contributed by atoms with Gasteiger partial charge < -0.3 is 13.7 Å². The zero-order chi connectivity index (χ0) is 31.1. The topological polar surface area (TPSA) is 38.6 Å². The summed E-state index contributed by atoms with van der Waals surface area (Å²) in [6, 6.07) is 58.2. The van der Waals surface area contributed by atoms with Crippen molar-refractivity contribution in [2.24, 2.45) is 0 Å². The molecule has 0 atom stereocenters. The molecule has 0 saturated carbocycles. The van der Waals surface area contributed by atoms with Crippen LogP contribution in [0.25, 0.3) is 82.5 Å². The second kappa shape index (κ2) is 9.71. The first kappa shape index (κ1) is 25.7. The normalized spacial score (nSPS) is 11.8. The molecule has 0 unspecified atom stereocenters. The van der Waals surface area contributed by atoms with Gasteiger partial charge in [-0.05, 0) is 60.7 Å². The van der Waals surface area contributed by atoms with E-state index >= 15 is 0 Å². The smallest absolute Gasteiger partial charge is 0.0999 e. The van der Waals surface area contributed by atoms with Crippen LogP contribution in [0.2, 0.25) is 0 Å². The number of nitriles is 1. The van der Waals surface area contributed by atoms with Gasteiger partial charge in [0.2, 0.25) is 0 Å². The lowest BCUT2D eigenvalue weighted by molar-refractivity contribution is 1.15. The van der Waals surface area contributed by atoms with Gasteiger partial charge in [0.15, 0.2) is 0 Å². The summed E-state index contributed by atoms with van der Waals surface area (Å²) in [4.78, 5) is 0. The number of rotatable bonds is 3. The Hall–Kier alpha value is -6.57. The highest BCUT2D eigenvalue weighted by Gasteiger charge is 2.22. The molecule has 0 spiro atoms. The maximum Gasteiger partial charge on any atom is 0.0999 e. The van der Waals surface area contributed by atoms with Crippen molar-refractivity contribution < 1.29 is 0 Å². The molecule has 4 heteroatoms. The molecule has 0 saturated heterocycles. The largest absolute Gasteiger partial charge is 0.309 e. The van der Waals surface area contributed by atoms with E-state index < -0.39 is 0 Å². The van der Waals surface area contributed by atoms with Crippen LogP contribution in [-0.4, -0.2) is 13.7 Å². The van der Waals surface area contributed by atoms with Gasteiger partial charge in [-0.3, -0.25) is 0 Å². The molecule has 47 heavy (non-hydrogen) atoms. The fourth-order valence-electron chi connectivity index (χ4n) is 7.79. The Kier molecular flexibility index (Phi) is 5.32. The second-order valence-electron chi connectivity index (χ2n) is 12.1. The highest BCUT2D eigenvalue weighted by Crippen LogP contribution is 2.43. The van der Waals surface area contributed by atoms with Crippen molar-refractivity contribution in [1.82, 2.24) is 13.7 Å². The average molecular weight is 599 g/mol. The summed E-state index contributed by atoms with van der Waals surface area (Å²) in [6.07, 6.45) is 0. The average Bonchev–Trinajstić information content (AvgIpc) is 3.77. The predicted molar refractivity (Wildman–Crippen MR) is 194 cm³/mol. The SMILES string of the molecule is N#Cc1cc(-n2c3ccccc3c3c2ccc2c4ccccc4n(-c4ccccc4)c23)cc2c1c1ccccc1n2-c1ccccc1. The van der Waals surface area contributed by atoms with E-state index in [2.05, 4.69) is 171 Å². The molecule has 0 amide bonds. The summed E-state index contributed by atoms with van der Waals surface area (Å²) in [5.74, 6) is 0. The third-order valence-electron chi connectivity index (χ3n) is 9.63. The van der Waals surface area contributed by atoms with Crippen LogP contribution in [0.15, 0.2) is 158 Å². The summed E-state index contributed by atoms with van der Waals surface area (Å²) >= 11 is 0. The number of fused-ring (bicyclic) bond motifs is 10. The standard InChI is InChI=1S/C43H26N4/c44-27-28-25-31(26-40-41(28)34-18-8-11-21-37(34)45(40)29-13-3-1-4-14-29)46-38-22-12-9-19-35(38)42-39(46)24-23-33-32-17-7-10-20-36(32)47(43(33)42)30-15-5-2-6-16-30/h1-26H. The van der Waals surface area contributed by atoms with Gasteiger partial charge in [0, 0.05) is 49.4 Å². The first-order valence-corrected chi connectivity index (χ1v) is 15.9. The van der Waals surface area contributed by atoms with Crippen LogP contribution in [0.1, 0.15) is 5.56 Å². The third-order valence-corrected chi connectivity index (χ3v) is 9.63. The van der Waals surface area contributed by atoms with Crippen molar-refractivity contribution in [2.75, 3.05) is 0 Å². The van der Waals surface area contributed by atoms with Crippen LogP contribution in [0, 0.1) is 11.3 Å². The summed E-state index contributed by atoms with van der Waals surface area (Å²) in [5.41, 5.74) is 10.5. The van der Waals surface area contributed by atoms with Crippen molar-refractivity contribution >= 4 is 65.4 Å². The van der Waals surface area contributed by atoms with E-state index in [9.17, 15) is 5.26 Å². The van der Waals surface area contributed by atoms with E-state index in [1.54, 1.807) is 0 Å². The number of aromatic nitrogens is 3. The Morgan fingerprint density at radius 3 is 1.51 bits per heavy atom. The minimum atomic E-state index is 0.661. The lowest BCUT2D eigenvalue weighted by Gasteiger charge is -2.12. The molecular weight excluding hydrogens is 573 g/mol. The van der Waals surface area contributed by atoms with E-state index in [1.165, 1.54) is 32.6 Å². The first-order chi connectivity index (χ1) is 23.3. The van der Waals surface area contributed by atoms with Gasteiger partial charge in [0.05, 0.1) is 44.7 Å². The van der Waals surface area contributed by atoms with E-state index in [1.807, 2.05) is 6.07 Å². The Balaban J connectivity index is 1.38. The van der Waals surface area contributed by atoms with Gasteiger partial charge in [-0.25, -0.2) is 0 Å². The number of nitrogens with zero attached hydrogens (tertiary/aromatic N) is 4. The summed E-state index contributed by atoms with van der Waals surface area (Å²) in [5, 5.41) is 17.5. The molecule has 0 bridgehead atoms. The summed E-state index contributed by atoms with van der Waals surface area (Å²) in [6.45, 7) is 0. The maximum atomic E-state index is 10.6. The van der Waals surface area contributed by atoms with Gasteiger partial charge in [0.1, 0.15) is 0 Å². The zero-order valence-corrected chi connectivity index (χ0v) is 25.3. The minimum Gasteiger partial charge on any atom is -0.309 e. The summed E-state index contributed by atoms with van der Waals surface area (Å²) in [7, 11) is 0. The molecule has 0 fully saturated rings. The molecule has 0 aliphatic carbocycles. The number of hydrogen-bond acceptors (Lipinski definition) is 1. The third kappa shape index (κ3) is 3.51. The molecule has 3 heterocycles. The number of benzene rings is 7. The van der Waals surface area contributed by atoms with E-state index in [0.29, 0.717) is 5.56 Å². The quantitative estimate of drug-likeness (QED) is 0.199. The fraction of sp³-hybridized carbons (Fsp3) is 0. The molecule has 0 radical (unpaired) electrons. The van der Waals surface area contributed by atoms with E-state index in [4.69, 9.17) is 0 Å². The van der Waals surface area contributed by atoms with Crippen LogP contribution in [-0.2, 0) is 0 Å². The number of para-hydroxylation sites is 5. The lowest BCUT2D eigenvalue weighted by atomic mass is 10.1. The Morgan fingerprint density at radius 2 is 0.872 bits per heavy atom. The molecule has 10 rings (SSSR count). The van der Waals surface area contributed by atoms with Gasteiger partial charge in [0.25, 0.3) is 0 Å². The van der Waals surface area contributed by atoms with Crippen molar-refractivity contribution in [2.45, 2.75) is 0 Å². The Bertz CT molecular complexity index is 2900. The van der Waals surface area contributed by atoms with Crippen LogP contribution in [0.3, 0.4) is 0 Å². The Morgan fingerprint density at radius 1 is 0.362 bits per heavy atom. The molecule has 0 aliphatic rings. The molecular formula is C43H26N4. The van der Waals surface area contributed by atoms with Gasteiger partial charge >= 0.3 is 0 Å². The molecule has 3 aromatic heterocycles. The highest BCUT2D eigenvalue weighted by atomic mass is 15.0. The van der Waals surface area contributed by atoms with Gasteiger partial charge in [-0.15, -0.1) is 0 Å². The molecule has 10 aromatic rings. The van der Waals surface area contributed by atoms with Crippen LogP contribution >= 0.6 is 0 Å². The molecule has 0 N–H and O–H groups in total. The molecule has 0 aliphatic heterocycles. The van der Waals surface area contributed by atoms with Crippen molar-refractivity contribution in [1.29, 1.82) is 5.26 Å². The van der Waals surface area contributed by atoms with Crippen molar-refractivity contribution in [3.8, 4) is 23.1 Å². The molecule has 7 aromatic carbocycles. The van der Waals surface area contributed by atoms with Crippen LogP contribution in [0.4, 0.5) is 0 Å². The van der Waals surface area contributed by atoms with Gasteiger partial charge in [-0.2, -0.15) is 5.26 Å². The van der Waals surface area contributed by atoms with E-state index in [-0.39, 0.29) is 0 Å². The fourth-order valence-corrected chi connectivity index (χ4v) is 7.79. The van der Waals surface area contributed by atoms with Crippen LogP contribution < -0.4 is 0 Å². The second-order valence-corrected chi connectivity index (χ2v) is 12.1. The highest BCUT2D eigenvalue weighted by molar-refractivity contribution is 6.26. The Labute approximate surface area is 270 Å². The zero-order valence-electron chi connectivity index (χ0n) is 25.3. The van der Waals surface area contributed by atoms with Gasteiger partial charge in [-0.1, -0.05) is 97.1 Å². The number of hydrogen-bond donors (Lipinski definition) is 0. The lowest BCUT2D eigenvalue weighted by Crippen LogP contribution is -1.98. The van der Waals surface area contributed by atoms with Crippen molar-refractivity contribution in [3.05, 3.63) is 163 Å². The monoisotopic (exact) mass is 598 g/mol. The maximum absolute atomic E-state index is 10.6. The summed E-state index contributed by atoms with van der Waals surface area (Å²) < 4.78 is 7.03. The van der Waals surface area contributed by atoms with E-state index in [0.717, 1.165) is 49.9 Å².